The van der Waals surface area contributed by atoms with Gasteiger partial charge in [0.25, 0.3) is 5.91 Å². The summed E-state index contributed by atoms with van der Waals surface area (Å²) in [5.41, 5.74) is 2.99. The molecular weight excluding hydrogens is 408 g/mol. The number of nitrogens with one attached hydrogen (secondary N) is 1. The lowest BCUT2D eigenvalue weighted by molar-refractivity contribution is 0.0953. The van der Waals surface area contributed by atoms with Crippen LogP contribution in [0.4, 0.5) is 0 Å². The number of amides is 1. The van der Waals surface area contributed by atoms with Crippen molar-refractivity contribution in [3.8, 4) is 11.3 Å². The molecule has 0 aliphatic carbocycles. The van der Waals surface area contributed by atoms with Crippen molar-refractivity contribution in [3.63, 3.8) is 0 Å². The zero-order chi connectivity index (χ0) is 21.8. The molecule has 0 bridgehead atoms. The SMILES string of the molecule is Cc1csc(CCCCNC(=O)c2cccc3c(=O)c(C)c(-c4ccccc4)oc23)n1. The number of aromatic nitrogens is 1. The van der Waals surface area contributed by atoms with Gasteiger partial charge in [0.05, 0.1) is 16.0 Å². The molecule has 2 aromatic carbocycles. The first kappa shape index (κ1) is 21.0. The van der Waals surface area contributed by atoms with Crippen LogP contribution in [-0.4, -0.2) is 17.4 Å². The average Bonchev–Trinajstić information content (AvgIpc) is 3.21. The molecule has 0 radical (unpaired) electrons. The number of carbonyl (C=O) groups excluding carboxylic acids is 1. The topological polar surface area (TPSA) is 72.2 Å². The first-order chi connectivity index (χ1) is 15.0. The number of rotatable bonds is 7. The van der Waals surface area contributed by atoms with Crippen LogP contribution in [0.25, 0.3) is 22.3 Å². The maximum atomic E-state index is 12.9. The highest BCUT2D eigenvalue weighted by molar-refractivity contribution is 7.09. The number of fused-ring (bicyclic) bond motifs is 1. The molecule has 6 heteroatoms. The zero-order valence-corrected chi connectivity index (χ0v) is 18.4. The van der Waals surface area contributed by atoms with Crippen LogP contribution in [0.15, 0.2) is 63.1 Å². The molecule has 0 atom stereocenters. The summed E-state index contributed by atoms with van der Waals surface area (Å²) in [5, 5.41) is 6.56. The van der Waals surface area contributed by atoms with E-state index in [9.17, 15) is 9.59 Å². The first-order valence-electron chi connectivity index (χ1n) is 10.4. The molecule has 31 heavy (non-hydrogen) atoms. The first-order valence-corrected chi connectivity index (χ1v) is 11.2. The Hall–Kier alpha value is -3.25. The lowest BCUT2D eigenvalue weighted by atomic mass is 10.0. The Labute approximate surface area is 184 Å². The van der Waals surface area contributed by atoms with Crippen LogP contribution >= 0.6 is 11.3 Å². The van der Waals surface area contributed by atoms with Gasteiger partial charge < -0.3 is 9.73 Å². The summed E-state index contributed by atoms with van der Waals surface area (Å²) in [4.78, 5) is 30.3. The Balaban J connectivity index is 1.52. The minimum Gasteiger partial charge on any atom is -0.455 e. The number of carbonyl (C=O) groups is 1. The van der Waals surface area contributed by atoms with Gasteiger partial charge in [0.2, 0.25) is 0 Å². The quantitative estimate of drug-likeness (QED) is 0.403. The standard InChI is InChI=1S/C25H24N2O3S/c1-16-15-31-21(27-16)13-6-7-14-26-25(29)20-12-8-11-19-22(28)17(2)23(30-24(19)20)18-9-4-3-5-10-18/h3-5,8-12,15H,6-7,13-14H2,1-2H3,(H,26,29). The van der Waals surface area contributed by atoms with E-state index in [4.69, 9.17) is 4.42 Å². The number of aryl methyl sites for hydroxylation is 2. The van der Waals surface area contributed by atoms with Crippen LogP contribution < -0.4 is 10.7 Å². The Morgan fingerprint density at radius 3 is 2.61 bits per heavy atom. The number of nitrogens with zero attached hydrogens (tertiary/aromatic N) is 1. The van der Waals surface area contributed by atoms with Gasteiger partial charge in [-0.1, -0.05) is 36.4 Å². The molecule has 2 heterocycles. The fraction of sp³-hybridized carbons (Fsp3) is 0.240. The molecule has 0 fully saturated rings. The van der Waals surface area contributed by atoms with E-state index >= 15 is 0 Å². The van der Waals surface area contributed by atoms with E-state index in [1.54, 1.807) is 36.5 Å². The van der Waals surface area contributed by atoms with Gasteiger partial charge in [0, 0.05) is 28.7 Å². The molecule has 4 rings (SSSR count). The molecule has 0 saturated heterocycles. The molecule has 0 aliphatic rings. The molecule has 0 spiro atoms. The van der Waals surface area contributed by atoms with Crippen molar-refractivity contribution in [2.24, 2.45) is 0 Å². The van der Waals surface area contributed by atoms with Gasteiger partial charge in [-0.3, -0.25) is 9.59 Å². The summed E-state index contributed by atoms with van der Waals surface area (Å²) < 4.78 is 6.13. The Bertz CT molecular complexity index is 1280. The van der Waals surface area contributed by atoms with Crippen LogP contribution in [0, 0.1) is 13.8 Å². The maximum Gasteiger partial charge on any atom is 0.255 e. The van der Waals surface area contributed by atoms with Crippen molar-refractivity contribution in [3.05, 3.63) is 86.0 Å². The molecule has 0 saturated carbocycles. The van der Waals surface area contributed by atoms with Crippen molar-refractivity contribution in [2.45, 2.75) is 33.1 Å². The molecular formula is C25H24N2O3S. The second kappa shape index (κ2) is 9.27. The van der Waals surface area contributed by atoms with Gasteiger partial charge in [0.1, 0.15) is 5.76 Å². The lowest BCUT2D eigenvalue weighted by Crippen LogP contribution is -2.25. The minimum absolute atomic E-state index is 0.117. The van der Waals surface area contributed by atoms with E-state index in [0.717, 1.165) is 35.5 Å². The van der Waals surface area contributed by atoms with E-state index in [2.05, 4.69) is 15.7 Å². The number of thiazole rings is 1. The monoisotopic (exact) mass is 432 g/mol. The smallest absolute Gasteiger partial charge is 0.255 e. The second-order valence-corrected chi connectivity index (χ2v) is 8.47. The highest BCUT2D eigenvalue weighted by Crippen LogP contribution is 2.27. The third-order valence-electron chi connectivity index (χ3n) is 5.20. The van der Waals surface area contributed by atoms with Crippen LogP contribution in [0.3, 0.4) is 0 Å². The molecule has 1 N–H and O–H groups in total. The Kier molecular flexibility index (Phi) is 6.28. The number of hydrogen-bond donors (Lipinski definition) is 1. The van der Waals surface area contributed by atoms with E-state index in [1.807, 2.05) is 37.3 Å². The molecule has 0 unspecified atom stereocenters. The maximum absolute atomic E-state index is 12.9. The van der Waals surface area contributed by atoms with E-state index in [0.29, 0.717) is 34.4 Å². The third-order valence-corrected chi connectivity index (χ3v) is 6.22. The third kappa shape index (κ3) is 4.59. The minimum atomic E-state index is -0.235. The number of para-hydroxylation sites is 1. The fourth-order valence-corrected chi connectivity index (χ4v) is 4.39. The number of unbranched alkanes of at least 4 members (excludes halogenated alkanes) is 1. The van der Waals surface area contributed by atoms with Gasteiger partial charge in [-0.15, -0.1) is 11.3 Å². The summed E-state index contributed by atoms with van der Waals surface area (Å²) in [5.74, 6) is 0.263. The average molecular weight is 433 g/mol. The van der Waals surface area contributed by atoms with Crippen LogP contribution in [0.5, 0.6) is 0 Å². The molecule has 158 valence electrons. The molecule has 2 aromatic heterocycles. The summed E-state index contributed by atoms with van der Waals surface area (Å²) in [7, 11) is 0. The second-order valence-electron chi connectivity index (χ2n) is 7.53. The number of hydrogen-bond acceptors (Lipinski definition) is 5. The van der Waals surface area contributed by atoms with Crippen molar-refractivity contribution < 1.29 is 9.21 Å². The summed E-state index contributed by atoms with van der Waals surface area (Å²) in [6, 6.07) is 14.6. The van der Waals surface area contributed by atoms with Crippen molar-refractivity contribution >= 4 is 28.2 Å². The Morgan fingerprint density at radius 2 is 1.87 bits per heavy atom. The van der Waals surface area contributed by atoms with E-state index in [1.165, 1.54) is 0 Å². The summed E-state index contributed by atoms with van der Waals surface area (Å²) in [6.07, 6.45) is 2.72. The molecule has 1 amide bonds. The summed E-state index contributed by atoms with van der Waals surface area (Å²) >= 11 is 1.67. The van der Waals surface area contributed by atoms with Gasteiger partial charge in [-0.05, 0) is 45.2 Å². The summed E-state index contributed by atoms with van der Waals surface area (Å²) in [6.45, 7) is 4.30. The van der Waals surface area contributed by atoms with Crippen LogP contribution in [0.2, 0.25) is 0 Å². The van der Waals surface area contributed by atoms with Gasteiger partial charge in [-0.2, -0.15) is 0 Å². The lowest BCUT2D eigenvalue weighted by Gasteiger charge is -2.11. The van der Waals surface area contributed by atoms with Gasteiger partial charge in [-0.25, -0.2) is 4.98 Å². The zero-order valence-electron chi connectivity index (χ0n) is 17.6. The van der Waals surface area contributed by atoms with Crippen molar-refractivity contribution in [2.75, 3.05) is 6.54 Å². The molecule has 5 nitrogen and oxygen atoms in total. The largest absolute Gasteiger partial charge is 0.455 e. The van der Waals surface area contributed by atoms with Crippen molar-refractivity contribution in [1.29, 1.82) is 0 Å². The van der Waals surface area contributed by atoms with Crippen LogP contribution in [0.1, 0.15) is 39.5 Å². The number of benzene rings is 2. The predicted octanol–water partition coefficient (Wildman–Crippen LogP) is 5.29. The Morgan fingerprint density at radius 1 is 1.06 bits per heavy atom. The van der Waals surface area contributed by atoms with Gasteiger partial charge >= 0.3 is 0 Å². The molecule has 0 aliphatic heterocycles. The van der Waals surface area contributed by atoms with Gasteiger partial charge in [0.15, 0.2) is 11.0 Å². The highest BCUT2D eigenvalue weighted by atomic mass is 32.1. The van der Waals surface area contributed by atoms with E-state index in [-0.39, 0.29) is 11.3 Å². The fourth-order valence-electron chi connectivity index (χ4n) is 3.57. The highest BCUT2D eigenvalue weighted by Gasteiger charge is 2.18. The predicted molar refractivity (Wildman–Crippen MR) is 125 cm³/mol. The normalized spacial score (nSPS) is 11.0. The van der Waals surface area contributed by atoms with Crippen LogP contribution in [-0.2, 0) is 6.42 Å². The van der Waals surface area contributed by atoms with Crippen molar-refractivity contribution in [1.82, 2.24) is 10.3 Å². The van der Waals surface area contributed by atoms with E-state index < -0.39 is 0 Å². The molecule has 4 aromatic rings.